The van der Waals surface area contributed by atoms with Crippen LogP contribution in [0, 0.1) is 17.3 Å². The van der Waals surface area contributed by atoms with E-state index < -0.39 is 0 Å². The van der Waals surface area contributed by atoms with Gasteiger partial charge in [0.1, 0.15) is 0 Å². The quantitative estimate of drug-likeness (QED) is 0.807. The molecule has 0 spiro atoms. The Balaban J connectivity index is 2.62. The summed E-state index contributed by atoms with van der Waals surface area (Å²) >= 11 is 0. The molecule has 0 radical (unpaired) electrons. The molecule has 0 amide bonds. The second-order valence-corrected chi connectivity index (χ2v) is 6.49. The summed E-state index contributed by atoms with van der Waals surface area (Å²) < 4.78 is 1.89. The highest BCUT2D eigenvalue weighted by Crippen LogP contribution is 2.30. The number of aryl methyl sites for hydroxylation is 1. The standard InChI is InChI=1S/C15H29N3/c1-12(2)10-16-11-15(5,13(3)4)9-14-7-8-18(6)17-14/h7-8,12-13,16H,9-11H2,1-6H3. The Labute approximate surface area is 112 Å². The lowest BCUT2D eigenvalue weighted by Crippen LogP contribution is -2.39. The topological polar surface area (TPSA) is 29.9 Å². The van der Waals surface area contributed by atoms with Crippen molar-refractivity contribution in [3.8, 4) is 0 Å². The first-order valence-electron chi connectivity index (χ1n) is 7.03. The minimum atomic E-state index is 0.267. The summed E-state index contributed by atoms with van der Waals surface area (Å²) in [7, 11) is 1.98. The summed E-state index contributed by atoms with van der Waals surface area (Å²) in [5.41, 5.74) is 1.46. The predicted molar refractivity (Wildman–Crippen MR) is 77.6 cm³/mol. The molecule has 18 heavy (non-hydrogen) atoms. The summed E-state index contributed by atoms with van der Waals surface area (Å²) in [4.78, 5) is 0. The molecular weight excluding hydrogens is 222 g/mol. The van der Waals surface area contributed by atoms with Crippen LogP contribution in [0.3, 0.4) is 0 Å². The maximum absolute atomic E-state index is 4.51. The lowest BCUT2D eigenvalue weighted by molar-refractivity contribution is 0.202. The van der Waals surface area contributed by atoms with Gasteiger partial charge in [0.25, 0.3) is 0 Å². The van der Waals surface area contributed by atoms with Crippen LogP contribution in [0.1, 0.15) is 40.3 Å². The number of aromatic nitrogens is 2. The smallest absolute Gasteiger partial charge is 0.0630 e. The van der Waals surface area contributed by atoms with Crippen molar-refractivity contribution in [3.63, 3.8) is 0 Å². The van der Waals surface area contributed by atoms with E-state index in [0.29, 0.717) is 11.8 Å². The molecule has 1 unspecified atom stereocenters. The Kier molecular flexibility index (Phi) is 5.39. The fourth-order valence-corrected chi connectivity index (χ4v) is 2.09. The lowest BCUT2D eigenvalue weighted by Gasteiger charge is -2.34. The molecule has 3 nitrogen and oxygen atoms in total. The average molecular weight is 251 g/mol. The largest absolute Gasteiger partial charge is 0.316 e. The van der Waals surface area contributed by atoms with Crippen molar-refractivity contribution >= 4 is 0 Å². The molecular formula is C15H29N3. The molecule has 0 aliphatic rings. The number of nitrogens with zero attached hydrogens (tertiary/aromatic N) is 2. The first kappa shape index (κ1) is 15.2. The number of nitrogens with one attached hydrogen (secondary N) is 1. The van der Waals surface area contributed by atoms with Gasteiger partial charge in [0.2, 0.25) is 0 Å². The molecule has 1 atom stereocenters. The van der Waals surface area contributed by atoms with Crippen molar-refractivity contribution in [2.24, 2.45) is 24.3 Å². The highest BCUT2D eigenvalue weighted by atomic mass is 15.2. The van der Waals surface area contributed by atoms with Crippen molar-refractivity contribution in [2.45, 2.75) is 41.0 Å². The molecule has 0 bridgehead atoms. The van der Waals surface area contributed by atoms with E-state index in [9.17, 15) is 0 Å². The zero-order valence-corrected chi connectivity index (χ0v) is 12.8. The Morgan fingerprint density at radius 1 is 1.33 bits per heavy atom. The van der Waals surface area contributed by atoms with Gasteiger partial charge in [-0.3, -0.25) is 4.68 Å². The van der Waals surface area contributed by atoms with E-state index in [0.717, 1.165) is 19.5 Å². The van der Waals surface area contributed by atoms with Crippen LogP contribution in [0.5, 0.6) is 0 Å². The third-order valence-electron chi connectivity index (χ3n) is 3.83. The van der Waals surface area contributed by atoms with Gasteiger partial charge in [-0.15, -0.1) is 0 Å². The summed E-state index contributed by atoms with van der Waals surface area (Å²) in [5.74, 6) is 1.34. The lowest BCUT2D eigenvalue weighted by atomic mass is 9.75. The summed E-state index contributed by atoms with van der Waals surface area (Å²) in [5, 5.41) is 8.11. The molecule has 104 valence electrons. The fourth-order valence-electron chi connectivity index (χ4n) is 2.09. The summed E-state index contributed by atoms with van der Waals surface area (Å²) in [6, 6.07) is 2.13. The van der Waals surface area contributed by atoms with Gasteiger partial charge in [0, 0.05) is 19.8 Å². The van der Waals surface area contributed by atoms with Gasteiger partial charge in [-0.2, -0.15) is 5.10 Å². The number of hydrogen-bond acceptors (Lipinski definition) is 2. The third-order valence-corrected chi connectivity index (χ3v) is 3.83. The summed E-state index contributed by atoms with van der Waals surface area (Å²) in [6.07, 6.45) is 3.06. The number of rotatable bonds is 7. The van der Waals surface area contributed by atoms with Crippen LogP contribution in [-0.4, -0.2) is 22.9 Å². The molecule has 1 N–H and O–H groups in total. The highest BCUT2D eigenvalue weighted by molar-refractivity contribution is 5.03. The van der Waals surface area contributed by atoms with Gasteiger partial charge in [0.05, 0.1) is 5.69 Å². The van der Waals surface area contributed by atoms with E-state index >= 15 is 0 Å². The first-order chi connectivity index (χ1) is 8.33. The molecule has 0 saturated carbocycles. The second kappa shape index (κ2) is 6.37. The third kappa shape index (κ3) is 4.45. The molecule has 0 aliphatic carbocycles. The maximum Gasteiger partial charge on any atom is 0.0630 e. The molecule has 0 fully saturated rings. The van der Waals surface area contributed by atoms with Crippen LogP contribution in [0.2, 0.25) is 0 Å². The van der Waals surface area contributed by atoms with E-state index in [1.807, 2.05) is 17.9 Å². The van der Waals surface area contributed by atoms with Gasteiger partial charge in [-0.1, -0.05) is 34.6 Å². The van der Waals surface area contributed by atoms with E-state index in [4.69, 9.17) is 0 Å². The Bertz CT molecular complexity index is 354. The Morgan fingerprint density at radius 2 is 2.00 bits per heavy atom. The van der Waals surface area contributed by atoms with Crippen molar-refractivity contribution < 1.29 is 0 Å². The number of hydrogen-bond donors (Lipinski definition) is 1. The van der Waals surface area contributed by atoms with Crippen LogP contribution in [-0.2, 0) is 13.5 Å². The van der Waals surface area contributed by atoms with E-state index in [1.165, 1.54) is 5.69 Å². The minimum Gasteiger partial charge on any atom is -0.316 e. The van der Waals surface area contributed by atoms with E-state index in [2.05, 4.69) is 51.1 Å². The fraction of sp³-hybridized carbons (Fsp3) is 0.800. The molecule has 1 aromatic rings. The molecule has 0 saturated heterocycles. The minimum absolute atomic E-state index is 0.267. The predicted octanol–water partition coefficient (Wildman–Crippen LogP) is 2.87. The van der Waals surface area contributed by atoms with Gasteiger partial charge >= 0.3 is 0 Å². The van der Waals surface area contributed by atoms with Crippen LogP contribution in [0.25, 0.3) is 0 Å². The van der Waals surface area contributed by atoms with Crippen molar-refractivity contribution in [1.29, 1.82) is 0 Å². The maximum atomic E-state index is 4.51. The highest BCUT2D eigenvalue weighted by Gasteiger charge is 2.29. The molecule has 1 heterocycles. The van der Waals surface area contributed by atoms with Crippen molar-refractivity contribution in [2.75, 3.05) is 13.1 Å². The monoisotopic (exact) mass is 251 g/mol. The SMILES string of the molecule is CC(C)CNCC(C)(Cc1ccn(C)n1)C(C)C. The zero-order chi connectivity index (χ0) is 13.8. The van der Waals surface area contributed by atoms with Crippen LogP contribution < -0.4 is 5.32 Å². The van der Waals surface area contributed by atoms with Gasteiger partial charge in [0.15, 0.2) is 0 Å². The van der Waals surface area contributed by atoms with Gasteiger partial charge < -0.3 is 5.32 Å². The molecule has 3 heteroatoms. The van der Waals surface area contributed by atoms with Crippen LogP contribution >= 0.6 is 0 Å². The molecule has 0 aliphatic heterocycles. The molecule has 1 aromatic heterocycles. The van der Waals surface area contributed by atoms with Crippen molar-refractivity contribution in [3.05, 3.63) is 18.0 Å². The first-order valence-corrected chi connectivity index (χ1v) is 7.03. The van der Waals surface area contributed by atoms with Crippen molar-refractivity contribution in [1.82, 2.24) is 15.1 Å². The van der Waals surface area contributed by atoms with Gasteiger partial charge in [-0.05, 0) is 36.3 Å². The molecule has 0 aromatic carbocycles. The summed E-state index contributed by atoms with van der Waals surface area (Å²) in [6.45, 7) is 13.6. The molecule has 1 rings (SSSR count). The average Bonchev–Trinajstić information content (AvgIpc) is 2.62. The normalized spacial score (nSPS) is 15.3. The van der Waals surface area contributed by atoms with Gasteiger partial charge in [-0.25, -0.2) is 0 Å². The Morgan fingerprint density at radius 3 is 2.44 bits per heavy atom. The Hall–Kier alpha value is -0.830. The van der Waals surface area contributed by atoms with E-state index in [-0.39, 0.29) is 5.41 Å². The van der Waals surface area contributed by atoms with Crippen LogP contribution in [0.4, 0.5) is 0 Å². The van der Waals surface area contributed by atoms with E-state index in [1.54, 1.807) is 0 Å². The van der Waals surface area contributed by atoms with Crippen LogP contribution in [0.15, 0.2) is 12.3 Å². The zero-order valence-electron chi connectivity index (χ0n) is 12.8. The second-order valence-electron chi connectivity index (χ2n) is 6.49.